The fourth-order valence-electron chi connectivity index (χ4n) is 3.75. The van der Waals surface area contributed by atoms with E-state index in [1.54, 1.807) is 0 Å². The molecule has 1 heterocycles. The van der Waals surface area contributed by atoms with Gasteiger partial charge in [0.25, 0.3) is 0 Å². The van der Waals surface area contributed by atoms with Gasteiger partial charge in [-0.3, -0.25) is 0 Å². The summed E-state index contributed by atoms with van der Waals surface area (Å²) in [5, 5.41) is 0. The highest BCUT2D eigenvalue weighted by Gasteiger charge is 2.24. The maximum absolute atomic E-state index is 2.61. The van der Waals surface area contributed by atoms with Crippen molar-refractivity contribution in [1.29, 1.82) is 0 Å². The van der Waals surface area contributed by atoms with Crippen LogP contribution in [-0.2, 0) is 0 Å². The van der Waals surface area contributed by atoms with Gasteiger partial charge in [0.1, 0.15) is 6.17 Å². The van der Waals surface area contributed by atoms with E-state index in [-0.39, 0.29) is 0 Å². The van der Waals surface area contributed by atoms with Gasteiger partial charge >= 0.3 is 0 Å². The Labute approximate surface area is 152 Å². The van der Waals surface area contributed by atoms with Crippen molar-refractivity contribution < 1.29 is 0 Å². The zero-order valence-corrected chi connectivity index (χ0v) is 16.9. The van der Waals surface area contributed by atoms with Crippen molar-refractivity contribution in [2.45, 2.75) is 117 Å². The monoisotopic (exact) mass is 336 g/mol. The number of hydrogen-bond acceptors (Lipinski definition) is 2. The summed E-state index contributed by atoms with van der Waals surface area (Å²) >= 11 is 0. The maximum Gasteiger partial charge on any atom is 0.101 e. The van der Waals surface area contributed by atoms with Crippen LogP contribution in [0.4, 0.5) is 0 Å². The van der Waals surface area contributed by atoms with Crippen molar-refractivity contribution in [3.63, 3.8) is 0 Å². The van der Waals surface area contributed by atoms with Crippen LogP contribution < -0.4 is 0 Å². The molecule has 1 aliphatic rings. The molecular formula is C22H44N2. The third-order valence-electron chi connectivity index (χ3n) is 5.30. The lowest BCUT2D eigenvalue weighted by Crippen LogP contribution is -2.39. The average molecular weight is 337 g/mol. The Morgan fingerprint density at radius 1 is 0.542 bits per heavy atom. The van der Waals surface area contributed by atoms with Crippen LogP contribution in [0.5, 0.6) is 0 Å². The van der Waals surface area contributed by atoms with Crippen LogP contribution in [0.15, 0.2) is 12.4 Å². The summed E-state index contributed by atoms with van der Waals surface area (Å²) in [6.45, 7) is 9.40. The van der Waals surface area contributed by atoms with Gasteiger partial charge in [0.15, 0.2) is 0 Å². The third kappa shape index (κ3) is 8.99. The van der Waals surface area contributed by atoms with E-state index in [9.17, 15) is 0 Å². The molecule has 0 fully saturated rings. The first-order chi connectivity index (χ1) is 11.8. The molecule has 2 nitrogen and oxygen atoms in total. The van der Waals surface area contributed by atoms with Crippen molar-refractivity contribution in [2.75, 3.05) is 13.1 Å². The summed E-state index contributed by atoms with van der Waals surface area (Å²) in [6.07, 6.45) is 24.7. The lowest BCUT2D eigenvalue weighted by molar-refractivity contribution is 0.138. The fourth-order valence-corrected chi connectivity index (χ4v) is 3.75. The van der Waals surface area contributed by atoms with Gasteiger partial charge in [-0.15, -0.1) is 0 Å². The van der Waals surface area contributed by atoms with E-state index in [1.165, 1.54) is 103 Å². The van der Waals surface area contributed by atoms with Gasteiger partial charge in [0, 0.05) is 25.5 Å². The number of rotatable bonds is 16. The second-order valence-corrected chi connectivity index (χ2v) is 7.58. The average Bonchev–Trinajstić information content (AvgIpc) is 2.96. The molecule has 24 heavy (non-hydrogen) atoms. The van der Waals surface area contributed by atoms with Crippen LogP contribution in [0.1, 0.15) is 111 Å². The van der Waals surface area contributed by atoms with E-state index >= 15 is 0 Å². The Balaban J connectivity index is 2.11. The van der Waals surface area contributed by atoms with E-state index in [2.05, 4.69) is 43.0 Å². The molecule has 0 aliphatic carbocycles. The molecule has 2 heteroatoms. The molecule has 0 aromatic rings. The van der Waals surface area contributed by atoms with Gasteiger partial charge in [-0.2, -0.15) is 0 Å². The summed E-state index contributed by atoms with van der Waals surface area (Å²) in [5.74, 6) is 0. The highest BCUT2D eigenvalue weighted by Crippen LogP contribution is 2.22. The SMILES string of the molecule is CCCCCCCCCCCN1C=CN(CCCCC)C1CCC. The molecule has 0 aromatic heterocycles. The minimum Gasteiger partial charge on any atom is -0.356 e. The molecule has 0 saturated carbocycles. The molecule has 1 aliphatic heterocycles. The number of nitrogens with zero attached hydrogens (tertiary/aromatic N) is 2. The van der Waals surface area contributed by atoms with Crippen LogP contribution in [0, 0.1) is 0 Å². The van der Waals surface area contributed by atoms with Gasteiger partial charge in [0.2, 0.25) is 0 Å². The molecule has 1 atom stereocenters. The van der Waals surface area contributed by atoms with Crippen molar-refractivity contribution in [1.82, 2.24) is 9.80 Å². The van der Waals surface area contributed by atoms with Crippen LogP contribution in [0.25, 0.3) is 0 Å². The van der Waals surface area contributed by atoms with Crippen LogP contribution >= 0.6 is 0 Å². The maximum atomic E-state index is 2.61. The first kappa shape index (κ1) is 21.4. The minimum absolute atomic E-state index is 0.640. The first-order valence-electron chi connectivity index (χ1n) is 11.0. The summed E-state index contributed by atoms with van der Waals surface area (Å²) in [4.78, 5) is 5.20. The summed E-state index contributed by atoms with van der Waals surface area (Å²) in [6, 6.07) is 0. The van der Waals surface area contributed by atoms with Crippen molar-refractivity contribution >= 4 is 0 Å². The van der Waals surface area contributed by atoms with Crippen molar-refractivity contribution in [3.8, 4) is 0 Å². The van der Waals surface area contributed by atoms with Gasteiger partial charge in [-0.05, 0) is 19.3 Å². The number of unbranched alkanes of at least 4 members (excludes halogenated alkanes) is 10. The topological polar surface area (TPSA) is 6.48 Å². The van der Waals surface area contributed by atoms with Crippen molar-refractivity contribution in [3.05, 3.63) is 12.4 Å². The Bertz CT molecular complexity index is 300. The van der Waals surface area contributed by atoms with E-state index in [1.807, 2.05) is 0 Å². The van der Waals surface area contributed by atoms with Crippen molar-refractivity contribution in [2.24, 2.45) is 0 Å². The Hall–Kier alpha value is -0.660. The zero-order chi connectivity index (χ0) is 17.5. The van der Waals surface area contributed by atoms with Crippen LogP contribution in [0.3, 0.4) is 0 Å². The van der Waals surface area contributed by atoms with E-state index in [4.69, 9.17) is 0 Å². The second kappa shape index (κ2) is 14.7. The number of hydrogen-bond donors (Lipinski definition) is 0. The van der Waals surface area contributed by atoms with Gasteiger partial charge in [-0.1, -0.05) is 91.4 Å². The summed E-state index contributed by atoms with van der Waals surface area (Å²) in [5.41, 5.74) is 0. The molecule has 0 saturated heterocycles. The summed E-state index contributed by atoms with van der Waals surface area (Å²) in [7, 11) is 0. The molecule has 1 unspecified atom stereocenters. The largest absolute Gasteiger partial charge is 0.356 e. The molecule has 1 rings (SSSR count). The lowest BCUT2D eigenvalue weighted by Gasteiger charge is -2.33. The Morgan fingerprint density at radius 2 is 0.958 bits per heavy atom. The third-order valence-corrected chi connectivity index (χ3v) is 5.30. The fraction of sp³-hybridized carbons (Fsp3) is 0.909. The molecule has 0 radical (unpaired) electrons. The highest BCUT2D eigenvalue weighted by atomic mass is 15.4. The quantitative estimate of drug-likeness (QED) is 0.282. The zero-order valence-electron chi connectivity index (χ0n) is 16.9. The molecule has 0 bridgehead atoms. The predicted molar refractivity (Wildman–Crippen MR) is 108 cm³/mol. The standard InChI is InChI=1S/C22H44N2/c1-4-7-9-10-11-12-13-14-16-19-24-21-20-23(18-15-8-5-2)22(24)17-6-3/h20-22H,4-19H2,1-3H3. The van der Waals surface area contributed by atoms with Gasteiger partial charge < -0.3 is 9.80 Å². The van der Waals surface area contributed by atoms with Gasteiger partial charge in [-0.25, -0.2) is 0 Å². The summed E-state index contributed by atoms with van der Waals surface area (Å²) < 4.78 is 0. The smallest absolute Gasteiger partial charge is 0.101 e. The molecule has 0 N–H and O–H groups in total. The van der Waals surface area contributed by atoms with Crippen LogP contribution in [-0.4, -0.2) is 29.1 Å². The Morgan fingerprint density at radius 3 is 1.46 bits per heavy atom. The minimum atomic E-state index is 0.640. The van der Waals surface area contributed by atoms with Gasteiger partial charge in [0.05, 0.1) is 0 Å². The Kier molecular flexibility index (Phi) is 13.1. The molecule has 142 valence electrons. The molecule has 0 aromatic carbocycles. The second-order valence-electron chi connectivity index (χ2n) is 7.58. The predicted octanol–water partition coefficient (Wildman–Crippen LogP) is 6.92. The van der Waals surface area contributed by atoms with E-state index in [0.29, 0.717) is 6.17 Å². The normalized spacial score (nSPS) is 17.2. The molecular weight excluding hydrogens is 292 g/mol. The first-order valence-corrected chi connectivity index (χ1v) is 11.0. The molecule has 0 amide bonds. The highest BCUT2D eigenvalue weighted by molar-refractivity contribution is 4.96. The van der Waals surface area contributed by atoms with E-state index in [0.717, 1.165) is 0 Å². The van der Waals surface area contributed by atoms with E-state index < -0.39 is 0 Å². The van der Waals surface area contributed by atoms with Crippen LogP contribution in [0.2, 0.25) is 0 Å². The molecule has 0 spiro atoms. The lowest BCUT2D eigenvalue weighted by atomic mass is 10.1.